The lowest BCUT2D eigenvalue weighted by Gasteiger charge is -2.08. The molecule has 1 fully saturated rings. The first kappa shape index (κ1) is 13.6. The Kier molecular flexibility index (Phi) is 4.07. The smallest absolute Gasteiger partial charge is 0.214 e. The van der Waals surface area contributed by atoms with Gasteiger partial charge in [-0.1, -0.05) is 38.1 Å². The predicted octanol–water partition coefficient (Wildman–Crippen LogP) is 2.43. The fraction of sp³-hybridized carbons (Fsp3) is 0.571. The number of rotatable bonds is 6. The third-order valence-corrected chi connectivity index (χ3v) is 5.28. The van der Waals surface area contributed by atoms with Crippen molar-refractivity contribution in [2.75, 3.05) is 6.54 Å². The van der Waals surface area contributed by atoms with Crippen LogP contribution in [0.2, 0.25) is 0 Å². The third-order valence-electron chi connectivity index (χ3n) is 3.33. The minimum Gasteiger partial charge on any atom is -0.215 e. The van der Waals surface area contributed by atoms with Gasteiger partial charge in [-0.2, -0.15) is 0 Å². The van der Waals surface area contributed by atoms with Crippen molar-refractivity contribution in [2.24, 2.45) is 0 Å². The summed E-state index contributed by atoms with van der Waals surface area (Å²) in [5.41, 5.74) is 2.50. The molecular weight excluding hydrogens is 246 g/mol. The zero-order chi connectivity index (χ0) is 13.2. The topological polar surface area (TPSA) is 46.2 Å². The largest absolute Gasteiger partial charge is 0.215 e. The molecule has 1 aromatic rings. The van der Waals surface area contributed by atoms with Gasteiger partial charge in [-0.3, -0.25) is 0 Å². The number of benzene rings is 1. The summed E-state index contributed by atoms with van der Waals surface area (Å²) >= 11 is 0. The van der Waals surface area contributed by atoms with Gasteiger partial charge in [0.2, 0.25) is 10.0 Å². The molecule has 0 unspecified atom stereocenters. The summed E-state index contributed by atoms with van der Waals surface area (Å²) in [4.78, 5) is 0. The Balaban J connectivity index is 1.83. The predicted molar refractivity (Wildman–Crippen MR) is 74.2 cm³/mol. The van der Waals surface area contributed by atoms with E-state index in [4.69, 9.17) is 0 Å². The van der Waals surface area contributed by atoms with E-state index in [0.29, 0.717) is 12.5 Å². The second-order valence-corrected chi connectivity index (χ2v) is 7.33. The van der Waals surface area contributed by atoms with Crippen molar-refractivity contribution in [2.45, 2.75) is 44.3 Å². The van der Waals surface area contributed by atoms with Crippen LogP contribution in [0.5, 0.6) is 0 Å². The minimum atomic E-state index is -3.03. The van der Waals surface area contributed by atoms with Crippen LogP contribution in [0.15, 0.2) is 24.3 Å². The fourth-order valence-corrected chi connectivity index (χ4v) is 3.28. The average molecular weight is 267 g/mol. The first-order chi connectivity index (χ1) is 8.49. The van der Waals surface area contributed by atoms with E-state index in [2.05, 4.69) is 42.8 Å². The summed E-state index contributed by atoms with van der Waals surface area (Å²) < 4.78 is 25.9. The van der Waals surface area contributed by atoms with E-state index >= 15 is 0 Å². The normalized spacial score (nSPS) is 16.2. The molecule has 1 aromatic carbocycles. The summed E-state index contributed by atoms with van der Waals surface area (Å²) in [7, 11) is -3.03. The van der Waals surface area contributed by atoms with Gasteiger partial charge in [0.25, 0.3) is 0 Å². The minimum absolute atomic E-state index is 0.124. The van der Waals surface area contributed by atoms with E-state index in [1.165, 1.54) is 11.1 Å². The van der Waals surface area contributed by atoms with Gasteiger partial charge in [0.1, 0.15) is 0 Å². The van der Waals surface area contributed by atoms with Crippen LogP contribution in [0.4, 0.5) is 0 Å². The molecule has 0 spiro atoms. The van der Waals surface area contributed by atoms with Gasteiger partial charge in [0.05, 0.1) is 5.25 Å². The Labute approximate surface area is 110 Å². The fourth-order valence-electron chi connectivity index (χ4n) is 1.90. The van der Waals surface area contributed by atoms with Crippen LogP contribution in [-0.4, -0.2) is 20.2 Å². The van der Waals surface area contributed by atoms with Crippen LogP contribution in [-0.2, 0) is 16.4 Å². The Bertz CT molecular complexity index is 487. The number of sulfonamides is 1. The van der Waals surface area contributed by atoms with E-state index in [1.54, 1.807) is 0 Å². The molecule has 18 heavy (non-hydrogen) atoms. The maximum absolute atomic E-state index is 11.6. The van der Waals surface area contributed by atoms with Gasteiger partial charge in [-0.05, 0) is 36.3 Å². The highest BCUT2D eigenvalue weighted by Gasteiger charge is 2.35. The maximum atomic E-state index is 11.6. The van der Waals surface area contributed by atoms with Crippen LogP contribution >= 0.6 is 0 Å². The number of nitrogens with one attached hydrogen (secondary N) is 1. The van der Waals surface area contributed by atoms with Gasteiger partial charge < -0.3 is 0 Å². The van der Waals surface area contributed by atoms with Crippen LogP contribution in [0, 0.1) is 0 Å². The Morgan fingerprint density at radius 2 is 1.83 bits per heavy atom. The quantitative estimate of drug-likeness (QED) is 0.860. The van der Waals surface area contributed by atoms with Crippen molar-refractivity contribution in [1.82, 2.24) is 4.72 Å². The Hall–Kier alpha value is -0.870. The van der Waals surface area contributed by atoms with Crippen LogP contribution in [0.3, 0.4) is 0 Å². The van der Waals surface area contributed by atoms with Crippen molar-refractivity contribution in [3.63, 3.8) is 0 Å². The van der Waals surface area contributed by atoms with Gasteiger partial charge in [0.15, 0.2) is 0 Å². The zero-order valence-electron chi connectivity index (χ0n) is 11.0. The summed E-state index contributed by atoms with van der Waals surface area (Å²) in [5.74, 6) is 0.535. The summed E-state index contributed by atoms with van der Waals surface area (Å²) in [5, 5.41) is -0.124. The molecule has 0 aromatic heterocycles. The molecule has 100 valence electrons. The summed E-state index contributed by atoms with van der Waals surface area (Å²) in [6.07, 6.45) is 2.39. The molecule has 1 aliphatic carbocycles. The van der Waals surface area contributed by atoms with E-state index in [9.17, 15) is 8.42 Å². The molecular formula is C14H21NO2S. The average Bonchev–Trinajstić information content (AvgIpc) is 3.13. The molecule has 4 heteroatoms. The molecule has 1 saturated carbocycles. The highest BCUT2D eigenvalue weighted by Crippen LogP contribution is 2.27. The van der Waals surface area contributed by atoms with Gasteiger partial charge in [0, 0.05) is 6.54 Å². The Morgan fingerprint density at radius 3 is 2.33 bits per heavy atom. The molecule has 0 amide bonds. The number of hydrogen-bond acceptors (Lipinski definition) is 2. The zero-order valence-corrected chi connectivity index (χ0v) is 11.8. The lowest BCUT2D eigenvalue weighted by Crippen LogP contribution is -2.29. The van der Waals surface area contributed by atoms with Crippen LogP contribution in [0.1, 0.15) is 43.7 Å². The second kappa shape index (κ2) is 5.41. The Morgan fingerprint density at radius 1 is 1.22 bits per heavy atom. The summed E-state index contributed by atoms with van der Waals surface area (Å²) in [6.45, 7) is 4.83. The first-order valence-corrected chi connectivity index (χ1v) is 8.11. The van der Waals surface area contributed by atoms with Crippen molar-refractivity contribution in [3.8, 4) is 0 Å². The molecule has 1 N–H and O–H groups in total. The molecule has 1 aliphatic rings. The standard InChI is InChI=1S/C14H21NO2S/c1-11(2)13-5-3-12(4-6-13)9-10-15-18(16,17)14-7-8-14/h3-6,11,14-15H,7-10H2,1-2H3. The SMILES string of the molecule is CC(C)c1ccc(CCNS(=O)(=O)C2CC2)cc1. The van der Waals surface area contributed by atoms with Crippen LogP contribution < -0.4 is 4.72 Å². The highest BCUT2D eigenvalue weighted by atomic mass is 32.2. The monoisotopic (exact) mass is 267 g/mol. The molecule has 0 saturated heterocycles. The molecule has 0 atom stereocenters. The lowest BCUT2D eigenvalue weighted by atomic mass is 10.0. The molecule has 0 heterocycles. The lowest BCUT2D eigenvalue weighted by molar-refractivity contribution is 0.580. The van der Waals surface area contributed by atoms with Gasteiger partial charge >= 0.3 is 0 Å². The van der Waals surface area contributed by atoms with E-state index < -0.39 is 10.0 Å². The van der Waals surface area contributed by atoms with E-state index in [-0.39, 0.29) is 5.25 Å². The second-order valence-electron chi connectivity index (χ2n) is 5.28. The first-order valence-electron chi connectivity index (χ1n) is 6.56. The van der Waals surface area contributed by atoms with Crippen LogP contribution in [0.25, 0.3) is 0 Å². The van der Waals surface area contributed by atoms with Gasteiger partial charge in [-0.15, -0.1) is 0 Å². The summed E-state index contributed by atoms with van der Waals surface area (Å²) in [6, 6.07) is 8.41. The molecule has 0 aliphatic heterocycles. The van der Waals surface area contributed by atoms with E-state index in [0.717, 1.165) is 19.3 Å². The van der Waals surface area contributed by atoms with Crippen molar-refractivity contribution in [1.29, 1.82) is 0 Å². The molecule has 0 bridgehead atoms. The van der Waals surface area contributed by atoms with Crippen molar-refractivity contribution >= 4 is 10.0 Å². The van der Waals surface area contributed by atoms with Crippen molar-refractivity contribution < 1.29 is 8.42 Å². The highest BCUT2D eigenvalue weighted by molar-refractivity contribution is 7.90. The number of hydrogen-bond donors (Lipinski definition) is 1. The van der Waals surface area contributed by atoms with Gasteiger partial charge in [-0.25, -0.2) is 13.1 Å². The molecule has 2 rings (SSSR count). The van der Waals surface area contributed by atoms with Crippen molar-refractivity contribution in [3.05, 3.63) is 35.4 Å². The molecule has 0 radical (unpaired) electrons. The third kappa shape index (κ3) is 3.56. The maximum Gasteiger partial charge on any atom is 0.214 e. The van der Waals surface area contributed by atoms with E-state index in [1.807, 2.05) is 0 Å². The molecule has 3 nitrogen and oxygen atoms in total.